The molecule has 0 spiro atoms. The third kappa shape index (κ3) is 5.61. The molecule has 2 N–H and O–H groups in total. The minimum absolute atomic E-state index is 0.0491. The second kappa shape index (κ2) is 13.4. The van der Waals surface area contributed by atoms with Gasteiger partial charge in [0.25, 0.3) is 0 Å². The van der Waals surface area contributed by atoms with Crippen LogP contribution in [-0.4, -0.2) is 38.7 Å². The molecule has 4 atom stereocenters. The zero-order chi connectivity index (χ0) is 34.3. The minimum atomic E-state index is -0.420. The summed E-state index contributed by atoms with van der Waals surface area (Å²) in [5, 5.41) is 22.5. The number of rotatable bonds is 11. The predicted octanol–water partition coefficient (Wildman–Crippen LogP) is 9.18. The van der Waals surface area contributed by atoms with Gasteiger partial charge < -0.3 is 38.6 Å². The first-order valence-corrected chi connectivity index (χ1v) is 16.7. The summed E-state index contributed by atoms with van der Waals surface area (Å²) in [6, 6.07) is 15.9. The highest BCUT2D eigenvalue weighted by atomic mass is 16.5. The van der Waals surface area contributed by atoms with Crippen LogP contribution in [0, 0.1) is 0 Å². The molecule has 0 fully saturated rings. The third-order valence-electron chi connectivity index (χ3n) is 9.76. The average Bonchev–Trinajstić information content (AvgIpc) is 3.61. The first-order chi connectivity index (χ1) is 23.2. The molecule has 48 heavy (non-hydrogen) atoms. The van der Waals surface area contributed by atoms with E-state index in [4.69, 9.17) is 28.4 Å². The fraction of sp³-hybridized carbons (Fsp3) is 0.400. The largest absolute Gasteiger partial charge is 0.504 e. The van der Waals surface area contributed by atoms with Gasteiger partial charge in [0.15, 0.2) is 46.0 Å². The Morgan fingerprint density at radius 3 is 1.50 bits per heavy atom. The summed E-state index contributed by atoms with van der Waals surface area (Å²) in [6.07, 6.45) is 3.09. The van der Waals surface area contributed by atoms with Crippen molar-refractivity contribution in [2.24, 2.45) is 0 Å². The number of aromatic hydroxyl groups is 2. The molecule has 2 heterocycles. The highest BCUT2D eigenvalue weighted by Crippen LogP contribution is 2.56. The fourth-order valence-corrected chi connectivity index (χ4v) is 7.27. The quantitative estimate of drug-likeness (QED) is 0.165. The van der Waals surface area contributed by atoms with E-state index in [0.29, 0.717) is 28.4 Å². The lowest BCUT2D eigenvalue weighted by Gasteiger charge is -2.20. The lowest BCUT2D eigenvalue weighted by molar-refractivity contribution is 0.205. The standard InChI is InChI=1S/C40H46O8/c1-9-11-23-13-27-21(3)37(47-39(27)33(16-23)45-7)25-17-28-22(4)38(48-40(28)34(20-25)46-8)26-18-30(36(42)32(19-26)44-6)29-14-24(12-10-2)15-31(43-5)35(29)41/h13-22,37-38,41-42H,9-12H2,1-8H3. The molecule has 4 unspecified atom stereocenters. The molecule has 0 aliphatic carbocycles. The van der Waals surface area contributed by atoms with Crippen molar-refractivity contribution in [2.45, 2.75) is 77.4 Å². The van der Waals surface area contributed by atoms with Gasteiger partial charge in [-0.2, -0.15) is 0 Å². The van der Waals surface area contributed by atoms with Gasteiger partial charge in [0.2, 0.25) is 0 Å². The van der Waals surface area contributed by atoms with Crippen molar-refractivity contribution < 1.29 is 38.6 Å². The van der Waals surface area contributed by atoms with E-state index in [1.54, 1.807) is 20.3 Å². The van der Waals surface area contributed by atoms with Crippen LogP contribution in [0.25, 0.3) is 11.1 Å². The normalized spacial score (nSPS) is 19.2. The van der Waals surface area contributed by atoms with E-state index in [9.17, 15) is 10.2 Å². The van der Waals surface area contributed by atoms with Crippen LogP contribution in [0.1, 0.15) is 98.0 Å². The van der Waals surface area contributed by atoms with E-state index in [-0.39, 0.29) is 35.2 Å². The maximum atomic E-state index is 11.3. The van der Waals surface area contributed by atoms with Gasteiger partial charge in [0.05, 0.1) is 28.4 Å². The molecule has 254 valence electrons. The summed E-state index contributed by atoms with van der Waals surface area (Å²) < 4.78 is 36.1. The molecule has 0 bridgehead atoms. The molecule has 0 aromatic heterocycles. The van der Waals surface area contributed by atoms with Crippen molar-refractivity contribution >= 4 is 0 Å². The van der Waals surface area contributed by atoms with Crippen LogP contribution >= 0.6 is 0 Å². The lowest BCUT2D eigenvalue weighted by atomic mass is 9.87. The van der Waals surface area contributed by atoms with Crippen molar-refractivity contribution in [1.29, 1.82) is 0 Å². The molecule has 2 aliphatic heterocycles. The SMILES string of the molecule is CCCc1cc(OC)c(O)c(-c2cc(C3Oc4c(OC)cc(C5Oc6c(OC)cc(CCC)cc6C5C)cc4C3C)cc(OC)c2O)c1. The summed E-state index contributed by atoms with van der Waals surface area (Å²) in [6.45, 7) is 8.58. The van der Waals surface area contributed by atoms with E-state index in [2.05, 4.69) is 45.9 Å². The summed E-state index contributed by atoms with van der Waals surface area (Å²) in [5.41, 5.74) is 7.07. The number of benzene rings is 4. The van der Waals surface area contributed by atoms with Gasteiger partial charge in [0, 0.05) is 34.1 Å². The number of aryl methyl sites for hydroxylation is 2. The van der Waals surface area contributed by atoms with Gasteiger partial charge in [-0.1, -0.05) is 46.6 Å². The van der Waals surface area contributed by atoms with E-state index in [1.807, 2.05) is 24.3 Å². The van der Waals surface area contributed by atoms with Gasteiger partial charge in [-0.25, -0.2) is 0 Å². The van der Waals surface area contributed by atoms with E-state index < -0.39 is 6.10 Å². The molecule has 4 aromatic carbocycles. The maximum absolute atomic E-state index is 11.3. The number of phenolic OH excluding ortho intramolecular Hbond substituents is 2. The van der Waals surface area contributed by atoms with Crippen molar-refractivity contribution in [3.05, 3.63) is 81.9 Å². The van der Waals surface area contributed by atoms with E-state index >= 15 is 0 Å². The molecule has 8 nitrogen and oxygen atoms in total. The summed E-state index contributed by atoms with van der Waals surface area (Å²) in [5.74, 6) is 3.37. The van der Waals surface area contributed by atoms with Gasteiger partial charge >= 0.3 is 0 Å². The topological polar surface area (TPSA) is 95.8 Å². The summed E-state index contributed by atoms with van der Waals surface area (Å²) in [7, 11) is 6.37. The second-order valence-electron chi connectivity index (χ2n) is 12.8. The molecule has 8 heteroatoms. The Morgan fingerprint density at radius 2 is 0.958 bits per heavy atom. The van der Waals surface area contributed by atoms with Crippen LogP contribution in [0.15, 0.2) is 48.5 Å². The van der Waals surface area contributed by atoms with E-state index in [0.717, 1.165) is 65.0 Å². The van der Waals surface area contributed by atoms with E-state index in [1.165, 1.54) is 19.8 Å². The van der Waals surface area contributed by atoms with Crippen LogP contribution in [0.3, 0.4) is 0 Å². The van der Waals surface area contributed by atoms with Crippen molar-refractivity contribution in [1.82, 2.24) is 0 Å². The van der Waals surface area contributed by atoms with Crippen molar-refractivity contribution in [2.75, 3.05) is 28.4 Å². The Kier molecular flexibility index (Phi) is 9.28. The maximum Gasteiger partial charge on any atom is 0.165 e. The van der Waals surface area contributed by atoms with Crippen LogP contribution in [0.2, 0.25) is 0 Å². The molecule has 0 saturated heterocycles. The number of hydrogen-bond acceptors (Lipinski definition) is 8. The van der Waals surface area contributed by atoms with Crippen molar-refractivity contribution in [3.8, 4) is 57.1 Å². The third-order valence-corrected chi connectivity index (χ3v) is 9.76. The first-order valence-electron chi connectivity index (χ1n) is 16.7. The zero-order valence-corrected chi connectivity index (χ0v) is 29.1. The van der Waals surface area contributed by atoms with Gasteiger partial charge in [0.1, 0.15) is 12.2 Å². The fourth-order valence-electron chi connectivity index (χ4n) is 7.27. The van der Waals surface area contributed by atoms with Crippen LogP contribution in [-0.2, 0) is 12.8 Å². The number of phenols is 2. The average molecular weight is 655 g/mol. The predicted molar refractivity (Wildman–Crippen MR) is 186 cm³/mol. The highest BCUT2D eigenvalue weighted by Gasteiger charge is 2.40. The zero-order valence-electron chi connectivity index (χ0n) is 29.1. The van der Waals surface area contributed by atoms with Gasteiger partial charge in [-0.05, 0) is 77.6 Å². The smallest absolute Gasteiger partial charge is 0.165 e. The summed E-state index contributed by atoms with van der Waals surface area (Å²) in [4.78, 5) is 0. The second-order valence-corrected chi connectivity index (χ2v) is 12.8. The number of fused-ring (bicyclic) bond motifs is 2. The molecule has 6 rings (SSSR count). The molecular weight excluding hydrogens is 608 g/mol. The Hall–Kier alpha value is -4.72. The van der Waals surface area contributed by atoms with Crippen LogP contribution in [0.4, 0.5) is 0 Å². The first kappa shape index (κ1) is 33.2. The molecule has 0 radical (unpaired) electrons. The minimum Gasteiger partial charge on any atom is -0.504 e. The van der Waals surface area contributed by atoms with Crippen molar-refractivity contribution in [3.63, 3.8) is 0 Å². The Balaban J connectivity index is 1.39. The molecule has 2 aliphatic rings. The highest BCUT2D eigenvalue weighted by molar-refractivity contribution is 5.81. The monoisotopic (exact) mass is 654 g/mol. The molecule has 4 aromatic rings. The van der Waals surface area contributed by atoms with Gasteiger partial charge in [-0.15, -0.1) is 0 Å². The Morgan fingerprint density at radius 1 is 0.542 bits per heavy atom. The Bertz CT molecular complexity index is 1830. The Labute approximate surface area is 283 Å². The van der Waals surface area contributed by atoms with Crippen LogP contribution in [0.5, 0.6) is 46.0 Å². The van der Waals surface area contributed by atoms with Crippen LogP contribution < -0.4 is 28.4 Å². The number of ether oxygens (including phenoxy) is 6. The lowest BCUT2D eigenvalue weighted by Crippen LogP contribution is -2.09. The molecular formula is C40H46O8. The summed E-state index contributed by atoms with van der Waals surface area (Å²) >= 11 is 0. The molecule has 0 saturated carbocycles. The van der Waals surface area contributed by atoms with Gasteiger partial charge in [-0.3, -0.25) is 0 Å². The number of hydrogen-bond donors (Lipinski definition) is 2. The molecule has 0 amide bonds. The number of methoxy groups -OCH3 is 4.